The quantitative estimate of drug-likeness (QED) is 0.687. The first-order chi connectivity index (χ1) is 14.4. The summed E-state index contributed by atoms with van der Waals surface area (Å²) in [6.45, 7) is 3.40. The lowest BCUT2D eigenvalue weighted by atomic mass is 10.1. The van der Waals surface area contributed by atoms with Crippen molar-refractivity contribution in [1.29, 1.82) is 0 Å². The van der Waals surface area contributed by atoms with Gasteiger partial charge in [0.05, 0.1) is 0 Å². The van der Waals surface area contributed by atoms with Gasteiger partial charge in [0.25, 0.3) is 5.91 Å². The predicted octanol–water partition coefficient (Wildman–Crippen LogP) is 4.09. The van der Waals surface area contributed by atoms with Crippen molar-refractivity contribution < 1.29 is 14.0 Å². The van der Waals surface area contributed by atoms with Crippen LogP contribution in [0, 0.1) is 11.7 Å². The molecule has 0 bridgehead atoms. The summed E-state index contributed by atoms with van der Waals surface area (Å²) in [4.78, 5) is 28.8. The van der Waals surface area contributed by atoms with Crippen molar-refractivity contribution in [2.45, 2.75) is 26.3 Å². The van der Waals surface area contributed by atoms with Crippen LogP contribution < -0.4 is 15.5 Å². The number of carbonyl (C=O) groups is 2. The van der Waals surface area contributed by atoms with E-state index < -0.39 is 5.82 Å². The summed E-state index contributed by atoms with van der Waals surface area (Å²) in [5.74, 6) is -0.121. The van der Waals surface area contributed by atoms with E-state index in [9.17, 15) is 14.0 Å². The highest BCUT2D eigenvalue weighted by Gasteiger charge is 2.28. The molecule has 0 spiro atoms. The van der Waals surface area contributed by atoms with Gasteiger partial charge in [-0.1, -0.05) is 6.07 Å². The lowest BCUT2D eigenvalue weighted by Crippen LogP contribution is -2.33. The number of carbonyl (C=O) groups excluding carboxylic acids is 2. The second-order valence-corrected chi connectivity index (χ2v) is 7.86. The molecule has 3 rings (SSSR count). The van der Waals surface area contributed by atoms with Gasteiger partial charge in [-0.2, -0.15) is 0 Å². The van der Waals surface area contributed by atoms with Crippen LogP contribution in [0.2, 0.25) is 0 Å². The van der Waals surface area contributed by atoms with Gasteiger partial charge < -0.3 is 20.4 Å². The van der Waals surface area contributed by atoms with E-state index in [4.69, 9.17) is 0 Å². The monoisotopic (exact) mass is 412 g/mol. The number of hydrogen-bond acceptors (Lipinski definition) is 3. The van der Waals surface area contributed by atoms with Crippen molar-refractivity contribution in [2.75, 3.05) is 37.4 Å². The number of hydrogen-bond donors (Lipinski definition) is 2. The summed E-state index contributed by atoms with van der Waals surface area (Å²) in [5.41, 5.74) is 2.88. The van der Waals surface area contributed by atoms with Gasteiger partial charge in [-0.25, -0.2) is 9.18 Å². The van der Waals surface area contributed by atoms with Gasteiger partial charge in [-0.3, -0.25) is 4.79 Å². The Bertz CT molecular complexity index is 912. The molecule has 30 heavy (non-hydrogen) atoms. The second kappa shape index (κ2) is 9.61. The summed E-state index contributed by atoms with van der Waals surface area (Å²) in [5, 5.41) is 5.53. The summed E-state index contributed by atoms with van der Waals surface area (Å²) in [6, 6.07) is 11.2. The normalized spacial score (nSPS) is 12.9. The Morgan fingerprint density at radius 1 is 1.13 bits per heavy atom. The first-order valence-corrected chi connectivity index (χ1v) is 10.3. The number of amides is 3. The maximum Gasteiger partial charge on any atom is 0.319 e. The largest absolute Gasteiger partial charge is 0.377 e. The summed E-state index contributed by atoms with van der Waals surface area (Å²) in [6.07, 6.45) is 2.21. The Labute approximate surface area is 177 Å². The van der Waals surface area contributed by atoms with Crippen LogP contribution in [0.3, 0.4) is 0 Å². The zero-order valence-corrected chi connectivity index (χ0v) is 17.7. The van der Waals surface area contributed by atoms with Crippen LogP contribution in [0.15, 0.2) is 42.5 Å². The summed E-state index contributed by atoms with van der Waals surface area (Å²) < 4.78 is 13.7. The van der Waals surface area contributed by atoms with Crippen molar-refractivity contribution in [2.24, 2.45) is 5.92 Å². The van der Waals surface area contributed by atoms with Gasteiger partial charge >= 0.3 is 6.03 Å². The number of halogens is 1. The molecule has 1 fully saturated rings. The molecule has 0 aliphatic heterocycles. The van der Waals surface area contributed by atoms with E-state index in [0.29, 0.717) is 36.8 Å². The Kier molecular flexibility index (Phi) is 6.92. The summed E-state index contributed by atoms with van der Waals surface area (Å²) >= 11 is 0. The maximum absolute atomic E-state index is 13.7. The third-order valence-electron chi connectivity index (χ3n) is 5.05. The Hall–Kier alpha value is -3.09. The van der Waals surface area contributed by atoms with Crippen molar-refractivity contribution in [3.05, 3.63) is 59.4 Å². The van der Waals surface area contributed by atoms with Crippen LogP contribution in [-0.2, 0) is 6.54 Å². The number of nitrogens with one attached hydrogen (secondary N) is 2. The fourth-order valence-electron chi connectivity index (χ4n) is 3.40. The number of rotatable bonds is 8. The minimum atomic E-state index is -0.422. The molecule has 0 atom stereocenters. The predicted molar refractivity (Wildman–Crippen MR) is 117 cm³/mol. The third kappa shape index (κ3) is 5.72. The molecule has 0 radical (unpaired) electrons. The SMILES string of the molecule is CCNC(=O)Nc1ccc(N(C)C)c(CN(CC2CC2)C(=O)c2cccc(F)c2)c1. The number of nitrogens with zero attached hydrogens (tertiary/aromatic N) is 2. The lowest BCUT2D eigenvalue weighted by molar-refractivity contribution is 0.0734. The van der Waals surface area contributed by atoms with Crippen LogP contribution >= 0.6 is 0 Å². The highest BCUT2D eigenvalue weighted by molar-refractivity contribution is 5.94. The van der Waals surface area contributed by atoms with Crippen molar-refractivity contribution in [3.8, 4) is 0 Å². The van der Waals surface area contributed by atoms with Crippen LogP contribution in [-0.4, -0.2) is 44.0 Å². The van der Waals surface area contributed by atoms with Crippen molar-refractivity contribution in [1.82, 2.24) is 10.2 Å². The maximum atomic E-state index is 13.7. The standard InChI is InChI=1S/C23H29FN4O2/c1-4-25-23(30)26-20-10-11-21(27(2)3)18(13-20)15-28(14-16-8-9-16)22(29)17-6-5-7-19(24)12-17/h5-7,10-13,16H,4,8-9,14-15H2,1-3H3,(H2,25,26,30). The Morgan fingerprint density at radius 3 is 2.53 bits per heavy atom. The molecule has 2 N–H and O–H groups in total. The van der Waals surface area contributed by atoms with Gasteiger partial charge in [0.15, 0.2) is 0 Å². The molecule has 0 saturated heterocycles. The van der Waals surface area contributed by atoms with Crippen LogP contribution in [0.4, 0.5) is 20.6 Å². The highest BCUT2D eigenvalue weighted by Crippen LogP contribution is 2.32. The molecule has 3 amide bonds. The van der Waals surface area contributed by atoms with E-state index in [1.165, 1.54) is 12.1 Å². The van der Waals surface area contributed by atoms with E-state index in [1.807, 2.05) is 44.1 Å². The second-order valence-electron chi connectivity index (χ2n) is 7.86. The Balaban J connectivity index is 1.88. The van der Waals surface area contributed by atoms with Crippen LogP contribution in [0.25, 0.3) is 0 Å². The van der Waals surface area contributed by atoms with Gasteiger partial charge in [-0.15, -0.1) is 0 Å². The molecule has 7 heteroatoms. The van der Waals surface area contributed by atoms with Crippen LogP contribution in [0.1, 0.15) is 35.7 Å². The fraction of sp³-hybridized carbons (Fsp3) is 0.391. The summed E-state index contributed by atoms with van der Waals surface area (Å²) in [7, 11) is 3.88. The molecule has 1 aliphatic rings. The molecule has 2 aromatic rings. The molecule has 0 unspecified atom stereocenters. The smallest absolute Gasteiger partial charge is 0.319 e. The van der Waals surface area contributed by atoms with E-state index >= 15 is 0 Å². The molecule has 1 saturated carbocycles. The van der Waals surface area contributed by atoms with Gasteiger partial charge in [0.2, 0.25) is 0 Å². The van der Waals surface area contributed by atoms with E-state index in [1.54, 1.807) is 17.0 Å². The Morgan fingerprint density at radius 2 is 1.90 bits per heavy atom. The zero-order valence-electron chi connectivity index (χ0n) is 17.7. The fourth-order valence-corrected chi connectivity index (χ4v) is 3.40. The third-order valence-corrected chi connectivity index (χ3v) is 5.05. The molecule has 2 aromatic carbocycles. The average Bonchev–Trinajstić information content (AvgIpc) is 3.51. The van der Waals surface area contributed by atoms with E-state index in [2.05, 4.69) is 10.6 Å². The topological polar surface area (TPSA) is 64.7 Å². The average molecular weight is 413 g/mol. The van der Waals surface area contributed by atoms with Gasteiger partial charge in [-0.05, 0) is 67.6 Å². The minimum absolute atomic E-state index is 0.187. The molecular formula is C23H29FN4O2. The van der Waals surface area contributed by atoms with Gasteiger partial charge in [0, 0.05) is 50.7 Å². The number of anilines is 2. The molecule has 0 aromatic heterocycles. The van der Waals surface area contributed by atoms with E-state index in [0.717, 1.165) is 24.1 Å². The lowest BCUT2D eigenvalue weighted by Gasteiger charge is -2.26. The van der Waals surface area contributed by atoms with Crippen LogP contribution in [0.5, 0.6) is 0 Å². The van der Waals surface area contributed by atoms with Crippen molar-refractivity contribution in [3.63, 3.8) is 0 Å². The van der Waals surface area contributed by atoms with Gasteiger partial charge in [0.1, 0.15) is 5.82 Å². The molecular weight excluding hydrogens is 383 g/mol. The first-order valence-electron chi connectivity index (χ1n) is 10.3. The highest BCUT2D eigenvalue weighted by atomic mass is 19.1. The first kappa shape index (κ1) is 21.6. The molecule has 1 aliphatic carbocycles. The van der Waals surface area contributed by atoms with E-state index in [-0.39, 0.29) is 11.9 Å². The van der Waals surface area contributed by atoms with Crippen molar-refractivity contribution >= 4 is 23.3 Å². The minimum Gasteiger partial charge on any atom is -0.377 e. The number of urea groups is 1. The zero-order chi connectivity index (χ0) is 21.7. The molecule has 0 heterocycles. The number of benzene rings is 2. The molecule has 6 nitrogen and oxygen atoms in total. The molecule has 160 valence electrons.